The van der Waals surface area contributed by atoms with Gasteiger partial charge in [-0.25, -0.2) is 9.97 Å². The van der Waals surface area contributed by atoms with Gasteiger partial charge >= 0.3 is 0 Å². The fraction of sp³-hybridized carbons (Fsp3) is 0.586. The van der Waals surface area contributed by atoms with E-state index in [-0.39, 0.29) is 5.96 Å². The molecule has 37 heavy (non-hydrogen) atoms. The second-order valence-electron chi connectivity index (χ2n) is 9.53. The zero-order valence-electron chi connectivity index (χ0n) is 23.1. The van der Waals surface area contributed by atoms with E-state index in [1.165, 1.54) is 76.3 Å². The highest BCUT2D eigenvalue weighted by Crippen LogP contribution is 2.39. The number of aryl methyl sites for hydroxylation is 1. The molecule has 206 valence electrons. The third-order valence-electron chi connectivity index (χ3n) is 5.71. The first-order valence-corrected chi connectivity index (χ1v) is 13.7. The molecular formula is C29H48N6O2. The minimum atomic E-state index is -0.833. The third-order valence-corrected chi connectivity index (χ3v) is 5.71. The Labute approximate surface area is 223 Å². The molecule has 3 rings (SSSR count). The number of carboxylic acid groups (broad SMARTS) is 1. The molecule has 1 heterocycles. The second-order valence-corrected chi connectivity index (χ2v) is 9.53. The van der Waals surface area contributed by atoms with Gasteiger partial charge in [0.15, 0.2) is 5.96 Å². The maximum absolute atomic E-state index is 9.00. The molecule has 6 N–H and O–H groups in total. The SMILES string of the molecule is CC(=O)O.CCCCCCCCCCCCN=C(N)N.Cc1cc(C2CC2)nc(Nc2ccccc2)n1. The van der Waals surface area contributed by atoms with E-state index in [2.05, 4.69) is 33.3 Å². The third kappa shape index (κ3) is 18.7. The molecule has 0 aliphatic heterocycles. The van der Waals surface area contributed by atoms with Crippen molar-refractivity contribution in [3.63, 3.8) is 0 Å². The van der Waals surface area contributed by atoms with Crippen molar-refractivity contribution in [3.8, 4) is 0 Å². The number of benzene rings is 1. The van der Waals surface area contributed by atoms with Crippen LogP contribution in [0.15, 0.2) is 41.4 Å². The number of aliphatic carboxylic acids is 1. The first kappa shape index (κ1) is 31.9. The topological polar surface area (TPSA) is 140 Å². The normalized spacial score (nSPS) is 11.9. The van der Waals surface area contributed by atoms with Gasteiger partial charge in [0.05, 0.1) is 0 Å². The Kier molecular flexibility index (Phi) is 17.2. The number of nitrogens with zero attached hydrogens (tertiary/aromatic N) is 3. The number of unbranched alkanes of at least 4 members (excludes halogenated alkanes) is 9. The van der Waals surface area contributed by atoms with Crippen LogP contribution in [0.1, 0.15) is 108 Å². The minimum absolute atomic E-state index is 0.218. The fourth-order valence-corrected chi connectivity index (χ4v) is 3.70. The second kappa shape index (κ2) is 20.0. The summed E-state index contributed by atoms with van der Waals surface area (Å²) in [6.07, 6.45) is 16.0. The number of para-hydroxylation sites is 1. The van der Waals surface area contributed by atoms with Gasteiger partial charge < -0.3 is 21.9 Å². The Balaban J connectivity index is 0.000000325. The maximum Gasteiger partial charge on any atom is 0.300 e. The summed E-state index contributed by atoms with van der Waals surface area (Å²) in [7, 11) is 0. The smallest absolute Gasteiger partial charge is 0.300 e. The lowest BCUT2D eigenvalue weighted by atomic mass is 10.1. The number of nitrogens with two attached hydrogens (primary N) is 2. The monoisotopic (exact) mass is 512 g/mol. The minimum Gasteiger partial charge on any atom is -0.481 e. The van der Waals surface area contributed by atoms with Gasteiger partial charge in [-0.15, -0.1) is 0 Å². The maximum atomic E-state index is 9.00. The van der Waals surface area contributed by atoms with E-state index in [1.807, 2.05) is 37.3 Å². The number of carboxylic acids is 1. The highest BCUT2D eigenvalue weighted by atomic mass is 16.4. The van der Waals surface area contributed by atoms with Crippen LogP contribution in [-0.2, 0) is 4.79 Å². The first-order chi connectivity index (χ1) is 17.8. The number of aliphatic imine (C=N–C) groups is 1. The molecule has 1 fully saturated rings. The summed E-state index contributed by atoms with van der Waals surface area (Å²) in [5.41, 5.74) is 13.7. The summed E-state index contributed by atoms with van der Waals surface area (Å²) in [5, 5.41) is 10.7. The van der Waals surface area contributed by atoms with Gasteiger partial charge in [0.2, 0.25) is 5.95 Å². The van der Waals surface area contributed by atoms with E-state index in [0.717, 1.165) is 31.3 Å². The highest BCUT2D eigenvalue weighted by Gasteiger charge is 2.25. The molecule has 8 nitrogen and oxygen atoms in total. The van der Waals surface area contributed by atoms with Crippen molar-refractivity contribution in [2.75, 3.05) is 11.9 Å². The fourth-order valence-electron chi connectivity index (χ4n) is 3.70. The van der Waals surface area contributed by atoms with Crippen molar-refractivity contribution < 1.29 is 9.90 Å². The Morgan fingerprint density at radius 2 is 1.51 bits per heavy atom. The van der Waals surface area contributed by atoms with Crippen LogP contribution in [0.4, 0.5) is 11.6 Å². The average Bonchev–Trinajstić information content (AvgIpc) is 3.69. The van der Waals surface area contributed by atoms with Crippen LogP contribution in [0.3, 0.4) is 0 Å². The Morgan fingerprint density at radius 1 is 0.973 bits per heavy atom. The van der Waals surface area contributed by atoms with Crippen LogP contribution in [0.5, 0.6) is 0 Å². The van der Waals surface area contributed by atoms with E-state index in [0.29, 0.717) is 11.9 Å². The summed E-state index contributed by atoms with van der Waals surface area (Å²) in [4.78, 5) is 22.0. The molecule has 1 aromatic carbocycles. The predicted octanol–water partition coefficient (Wildman–Crippen LogP) is 6.68. The van der Waals surface area contributed by atoms with Crippen molar-refractivity contribution in [1.82, 2.24) is 9.97 Å². The Hall–Kier alpha value is -3.16. The lowest BCUT2D eigenvalue weighted by Gasteiger charge is -2.07. The number of carbonyl (C=O) groups is 1. The van der Waals surface area contributed by atoms with E-state index in [4.69, 9.17) is 21.4 Å². The summed E-state index contributed by atoms with van der Waals surface area (Å²) in [6, 6.07) is 12.1. The number of nitrogens with one attached hydrogen (secondary N) is 1. The van der Waals surface area contributed by atoms with Crippen molar-refractivity contribution in [3.05, 3.63) is 47.8 Å². The predicted molar refractivity (Wildman–Crippen MR) is 154 cm³/mol. The van der Waals surface area contributed by atoms with Crippen LogP contribution in [-0.4, -0.2) is 33.5 Å². The van der Waals surface area contributed by atoms with Crippen LogP contribution < -0.4 is 16.8 Å². The molecule has 0 spiro atoms. The average molecular weight is 513 g/mol. The Bertz CT molecular complexity index is 893. The van der Waals surface area contributed by atoms with Gasteiger partial charge in [0, 0.05) is 36.5 Å². The van der Waals surface area contributed by atoms with Crippen molar-refractivity contribution >= 4 is 23.6 Å². The quantitative estimate of drug-likeness (QED) is 0.126. The zero-order valence-corrected chi connectivity index (χ0v) is 23.1. The van der Waals surface area contributed by atoms with Crippen LogP contribution >= 0.6 is 0 Å². The lowest BCUT2D eigenvalue weighted by Crippen LogP contribution is -2.22. The largest absolute Gasteiger partial charge is 0.481 e. The molecule has 1 aromatic heterocycles. The standard InChI is InChI=1S/C14H15N3.C13H29N3.C2H4O2/c1-10-9-13(11-7-8-11)17-14(15-10)16-12-5-3-2-4-6-12;1-2-3-4-5-6-7-8-9-10-11-12-16-13(14)15;1-2(3)4/h2-6,9,11H,7-8H2,1H3,(H,15,16,17);2-12H2,1H3,(H4,14,15,16);1H3,(H,3,4). The number of guanidine groups is 1. The summed E-state index contributed by atoms with van der Waals surface area (Å²) in [6.45, 7) is 6.15. The van der Waals surface area contributed by atoms with Crippen molar-refractivity contribution in [2.24, 2.45) is 16.5 Å². The lowest BCUT2D eigenvalue weighted by molar-refractivity contribution is -0.134. The summed E-state index contributed by atoms with van der Waals surface area (Å²) >= 11 is 0. The van der Waals surface area contributed by atoms with Gasteiger partial charge in [-0.2, -0.15) is 0 Å². The summed E-state index contributed by atoms with van der Waals surface area (Å²) in [5.74, 6) is 0.752. The van der Waals surface area contributed by atoms with E-state index < -0.39 is 5.97 Å². The summed E-state index contributed by atoms with van der Waals surface area (Å²) < 4.78 is 0. The van der Waals surface area contributed by atoms with E-state index >= 15 is 0 Å². The molecular weight excluding hydrogens is 464 g/mol. The molecule has 0 amide bonds. The molecule has 8 heteroatoms. The van der Waals surface area contributed by atoms with Crippen molar-refractivity contribution in [2.45, 2.75) is 104 Å². The van der Waals surface area contributed by atoms with Crippen LogP contribution in [0.2, 0.25) is 0 Å². The van der Waals surface area contributed by atoms with Crippen LogP contribution in [0.25, 0.3) is 0 Å². The van der Waals surface area contributed by atoms with E-state index in [1.54, 1.807) is 0 Å². The van der Waals surface area contributed by atoms with Gasteiger partial charge in [0.25, 0.3) is 5.97 Å². The van der Waals surface area contributed by atoms with Gasteiger partial charge in [0.1, 0.15) is 0 Å². The number of rotatable bonds is 14. The zero-order chi connectivity index (χ0) is 27.3. The molecule has 0 atom stereocenters. The molecule has 0 radical (unpaired) electrons. The van der Waals surface area contributed by atoms with Gasteiger partial charge in [-0.05, 0) is 44.4 Å². The molecule has 0 saturated heterocycles. The molecule has 1 aliphatic carbocycles. The van der Waals surface area contributed by atoms with Gasteiger partial charge in [-0.3, -0.25) is 9.79 Å². The molecule has 0 unspecified atom stereocenters. The molecule has 2 aromatic rings. The van der Waals surface area contributed by atoms with Gasteiger partial charge in [-0.1, -0.05) is 82.9 Å². The number of hydrogen-bond donors (Lipinski definition) is 4. The van der Waals surface area contributed by atoms with Crippen LogP contribution in [0, 0.1) is 6.92 Å². The van der Waals surface area contributed by atoms with Crippen molar-refractivity contribution in [1.29, 1.82) is 0 Å². The highest BCUT2D eigenvalue weighted by molar-refractivity contribution is 5.75. The molecule has 0 bridgehead atoms. The number of hydrogen-bond acceptors (Lipinski definition) is 5. The first-order valence-electron chi connectivity index (χ1n) is 13.7. The van der Waals surface area contributed by atoms with E-state index in [9.17, 15) is 0 Å². The number of anilines is 2. The Morgan fingerprint density at radius 3 is 2.03 bits per heavy atom. The molecule has 1 saturated carbocycles. The molecule has 1 aliphatic rings. The number of aromatic nitrogens is 2.